The van der Waals surface area contributed by atoms with Gasteiger partial charge in [0, 0.05) is 18.6 Å². The van der Waals surface area contributed by atoms with E-state index in [-0.39, 0.29) is 10.5 Å². The topological polar surface area (TPSA) is 63.7 Å². The highest BCUT2D eigenvalue weighted by Gasteiger charge is 2.22. The molecule has 0 aliphatic carbocycles. The van der Waals surface area contributed by atoms with Crippen molar-refractivity contribution in [3.05, 3.63) is 58.1 Å². The lowest BCUT2D eigenvalue weighted by Gasteiger charge is -2.14. The van der Waals surface area contributed by atoms with Crippen LogP contribution in [0.15, 0.2) is 51.8 Å². The van der Waals surface area contributed by atoms with Crippen LogP contribution in [0.5, 0.6) is 5.75 Å². The van der Waals surface area contributed by atoms with Gasteiger partial charge in [0.15, 0.2) is 0 Å². The van der Waals surface area contributed by atoms with Crippen molar-refractivity contribution >= 4 is 31.9 Å². The van der Waals surface area contributed by atoms with E-state index in [0.29, 0.717) is 10.2 Å². The van der Waals surface area contributed by atoms with Gasteiger partial charge in [0.1, 0.15) is 5.75 Å². The van der Waals surface area contributed by atoms with Gasteiger partial charge in [-0.1, -0.05) is 12.1 Å². The van der Waals surface area contributed by atoms with Crippen molar-refractivity contribution in [2.45, 2.75) is 11.8 Å². The van der Waals surface area contributed by atoms with E-state index in [2.05, 4.69) is 15.9 Å². The van der Waals surface area contributed by atoms with Crippen molar-refractivity contribution in [2.75, 3.05) is 14.1 Å². The summed E-state index contributed by atoms with van der Waals surface area (Å²) in [6.07, 6.45) is 0. The predicted molar refractivity (Wildman–Crippen MR) is 91.2 cm³/mol. The summed E-state index contributed by atoms with van der Waals surface area (Å²) in [6, 6.07) is 11.4. The van der Waals surface area contributed by atoms with Crippen LogP contribution in [0, 0.1) is 6.92 Å². The molecule has 2 aromatic carbocycles. The fraction of sp³-hybridized carbons (Fsp3) is 0.188. The van der Waals surface area contributed by atoms with Gasteiger partial charge in [-0.05, 0) is 58.7 Å². The minimum atomic E-state index is -3.66. The Bertz CT molecular complexity index is 847. The molecule has 0 N–H and O–H groups in total. The molecule has 0 spiro atoms. The molecule has 0 unspecified atom stereocenters. The normalized spacial score (nSPS) is 11.5. The number of rotatable bonds is 4. The first-order valence-electron chi connectivity index (χ1n) is 6.73. The molecular weight excluding hydrogens is 382 g/mol. The zero-order chi connectivity index (χ0) is 17.2. The Morgan fingerprint density at radius 1 is 1.13 bits per heavy atom. The van der Waals surface area contributed by atoms with Crippen LogP contribution < -0.4 is 4.74 Å². The Morgan fingerprint density at radius 3 is 2.43 bits per heavy atom. The van der Waals surface area contributed by atoms with E-state index in [1.807, 2.05) is 13.0 Å². The van der Waals surface area contributed by atoms with Gasteiger partial charge >= 0.3 is 5.97 Å². The second kappa shape index (κ2) is 6.82. The molecule has 0 radical (unpaired) electrons. The van der Waals surface area contributed by atoms with Crippen LogP contribution in [0.25, 0.3) is 0 Å². The molecule has 0 aromatic heterocycles. The van der Waals surface area contributed by atoms with Crippen molar-refractivity contribution in [3.8, 4) is 5.75 Å². The number of aryl methyl sites for hydroxylation is 1. The van der Waals surface area contributed by atoms with Gasteiger partial charge in [0.25, 0.3) is 0 Å². The fourth-order valence-corrected chi connectivity index (χ4v) is 3.71. The van der Waals surface area contributed by atoms with Gasteiger partial charge in [0.05, 0.1) is 10.5 Å². The highest BCUT2D eigenvalue weighted by molar-refractivity contribution is 9.10. The van der Waals surface area contributed by atoms with Crippen molar-refractivity contribution in [1.29, 1.82) is 0 Å². The lowest BCUT2D eigenvalue weighted by atomic mass is 10.2. The van der Waals surface area contributed by atoms with Crippen LogP contribution in [0.3, 0.4) is 0 Å². The Hall–Kier alpha value is -1.70. The number of ether oxygens (including phenoxy) is 1. The predicted octanol–water partition coefficient (Wildman–Crippen LogP) is 3.23. The number of halogens is 1. The van der Waals surface area contributed by atoms with Crippen molar-refractivity contribution < 1.29 is 17.9 Å². The van der Waals surface area contributed by atoms with Crippen LogP contribution in [-0.2, 0) is 10.0 Å². The SMILES string of the molecule is Cc1cccc(OC(=O)c2ccc(Br)c(S(=O)(=O)N(C)C)c2)c1. The summed E-state index contributed by atoms with van der Waals surface area (Å²) in [4.78, 5) is 12.3. The largest absolute Gasteiger partial charge is 0.423 e. The lowest BCUT2D eigenvalue weighted by Crippen LogP contribution is -2.23. The quantitative estimate of drug-likeness (QED) is 0.586. The molecule has 0 amide bonds. The number of hydrogen-bond donors (Lipinski definition) is 0. The summed E-state index contributed by atoms with van der Waals surface area (Å²) in [7, 11) is -0.804. The van der Waals surface area contributed by atoms with E-state index in [1.165, 1.54) is 32.3 Å². The van der Waals surface area contributed by atoms with Gasteiger partial charge in [-0.3, -0.25) is 0 Å². The molecule has 0 aliphatic rings. The van der Waals surface area contributed by atoms with Gasteiger partial charge in [0.2, 0.25) is 10.0 Å². The summed E-state index contributed by atoms with van der Waals surface area (Å²) in [5.41, 5.74) is 1.12. The highest BCUT2D eigenvalue weighted by Crippen LogP contribution is 2.26. The zero-order valence-corrected chi connectivity index (χ0v) is 15.3. The minimum absolute atomic E-state index is 0.0150. The van der Waals surface area contributed by atoms with E-state index in [4.69, 9.17) is 4.74 Å². The van der Waals surface area contributed by atoms with Gasteiger partial charge in [-0.2, -0.15) is 0 Å². The number of nitrogens with zero attached hydrogens (tertiary/aromatic N) is 1. The van der Waals surface area contributed by atoms with E-state index in [1.54, 1.807) is 18.2 Å². The molecule has 0 bridgehead atoms. The molecule has 0 saturated heterocycles. The second-order valence-corrected chi connectivity index (χ2v) is 8.11. The Labute approximate surface area is 144 Å². The number of carbonyl (C=O) groups excluding carboxylic acids is 1. The van der Waals surface area contributed by atoms with E-state index in [9.17, 15) is 13.2 Å². The number of carbonyl (C=O) groups is 1. The number of benzene rings is 2. The van der Waals surface area contributed by atoms with Crippen LogP contribution in [0.2, 0.25) is 0 Å². The number of hydrogen-bond acceptors (Lipinski definition) is 4. The molecule has 23 heavy (non-hydrogen) atoms. The van der Waals surface area contributed by atoms with Crippen LogP contribution >= 0.6 is 15.9 Å². The summed E-state index contributed by atoms with van der Waals surface area (Å²) in [6.45, 7) is 1.89. The maximum atomic E-state index is 12.3. The van der Waals surface area contributed by atoms with Gasteiger partial charge in [-0.25, -0.2) is 17.5 Å². The third-order valence-corrected chi connectivity index (χ3v) is 5.93. The number of sulfonamides is 1. The van der Waals surface area contributed by atoms with Crippen LogP contribution in [-0.4, -0.2) is 32.8 Å². The Balaban J connectivity index is 2.36. The van der Waals surface area contributed by atoms with E-state index in [0.717, 1.165) is 9.87 Å². The van der Waals surface area contributed by atoms with Crippen molar-refractivity contribution in [2.24, 2.45) is 0 Å². The number of esters is 1. The van der Waals surface area contributed by atoms with Crippen LogP contribution in [0.1, 0.15) is 15.9 Å². The van der Waals surface area contributed by atoms with Crippen LogP contribution in [0.4, 0.5) is 0 Å². The zero-order valence-electron chi connectivity index (χ0n) is 12.9. The van der Waals surface area contributed by atoms with E-state index >= 15 is 0 Å². The van der Waals surface area contributed by atoms with E-state index < -0.39 is 16.0 Å². The van der Waals surface area contributed by atoms with Gasteiger partial charge in [-0.15, -0.1) is 0 Å². The monoisotopic (exact) mass is 397 g/mol. The molecule has 0 atom stereocenters. The molecule has 0 fully saturated rings. The molecule has 0 saturated carbocycles. The van der Waals surface area contributed by atoms with Gasteiger partial charge < -0.3 is 4.74 Å². The summed E-state index contributed by atoms with van der Waals surface area (Å²) in [5, 5.41) is 0. The highest BCUT2D eigenvalue weighted by atomic mass is 79.9. The maximum Gasteiger partial charge on any atom is 0.343 e. The first-order chi connectivity index (χ1) is 10.7. The smallest absolute Gasteiger partial charge is 0.343 e. The Kier molecular flexibility index (Phi) is 5.23. The standard InChI is InChI=1S/C16H16BrNO4S/c1-11-5-4-6-13(9-11)22-16(19)12-7-8-14(17)15(10-12)23(20,21)18(2)3/h4-10H,1-3H3. The average Bonchev–Trinajstić information content (AvgIpc) is 2.47. The summed E-state index contributed by atoms with van der Waals surface area (Å²) < 4.78 is 31.3. The summed E-state index contributed by atoms with van der Waals surface area (Å²) in [5.74, 6) is -0.201. The molecule has 5 nitrogen and oxygen atoms in total. The Morgan fingerprint density at radius 2 is 1.83 bits per heavy atom. The first-order valence-corrected chi connectivity index (χ1v) is 8.96. The second-order valence-electron chi connectivity index (χ2n) is 5.14. The molecule has 2 aromatic rings. The first kappa shape index (κ1) is 17.7. The molecule has 7 heteroatoms. The summed E-state index contributed by atoms with van der Waals surface area (Å²) >= 11 is 3.20. The molecule has 0 aliphatic heterocycles. The third kappa shape index (κ3) is 3.99. The molecular formula is C16H16BrNO4S. The minimum Gasteiger partial charge on any atom is -0.423 e. The maximum absolute atomic E-state index is 12.3. The van der Waals surface area contributed by atoms with Crippen molar-refractivity contribution in [3.63, 3.8) is 0 Å². The average molecular weight is 398 g/mol. The van der Waals surface area contributed by atoms with Crippen molar-refractivity contribution in [1.82, 2.24) is 4.31 Å². The molecule has 2 rings (SSSR count). The lowest BCUT2D eigenvalue weighted by molar-refractivity contribution is 0.0734. The molecule has 0 heterocycles. The molecule has 122 valence electrons. The fourth-order valence-electron chi connectivity index (χ4n) is 1.87. The third-order valence-electron chi connectivity index (χ3n) is 3.13.